The Morgan fingerprint density at radius 3 is 2.64 bits per heavy atom. The summed E-state index contributed by atoms with van der Waals surface area (Å²) in [5.41, 5.74) is 0.224. The minimum atomic E-state index is -1.10. The number of carbonyl (C=O) groups excluding carboxylic acids is 2. The van der Waals surface area contributed by atoms with Crippen molar-refractivity contribution in [2.45, 2.75) is 25.4 Å². The molecule has 1 atom stereocenters. The van der Waals surface area contributed by atoms with Crippen molar-refractivity contribution < 1.29 is 28.2 Å². The number of ether oxygens (including phenoxy) is 3. The van der Waals surface area contributed by atoms with Gasteiger partial charge in [-0.1, -0.05) is 12.1 Å². The number of imide groups is 1. The molecule has 3 amide bonds. The van der Waals surface area contributed by atoms with Gasteiger partial charge in [0.2, 0.25) is 6.79 Å². The first kappa shape index (κ1) is 18.1. The quantitative estimate of drug-likeness (QED) is 0.800. The van der Waals surface area contributed by atoms with Crippen LogP contribution in [-0.2, 0) is 17.8 Å². The number of amides is 3. The van der Waals surface area contributed by atoms with Crippen LogP contribution in [0.2, 0.25) is 0 Å². The molecule has 2 aromatic rings. The fourth-order valence-electron chi connectivity index (χ4n) is 3.46. The fraction of sp³-hybridized carbons (Fsp3) is 0.300. The average molecular weight is 386 g/mol. The van der Waals surface area contributed by atoms with Crippen LogP contribution in [0.3, 0.4) is 0 Å². The minimum absolute atomic E-state index is 0.0255. The number of nitrogens with zero attached hydrogens (tertiary/aromatic N) is 1. The molecule has 0 bridgehead atoms. The van der Waals surface area contributed by atoms with Crippen LogP contribution in [-0.4, -0.2) is 36.3 Å². The van der Waals surface area contributed by atoms with Crippen LogP contribution >= 0.6 is 0 Å². The SMILES string of the molecule is COc1ccc(CN2C(=O)NC(C)(Cc3ccc4c(c3)OCO4)C2=O)cc1F. The molecule has 1 unspecified atom stereocenters. The van der Waals surface area contributed by atoms with E-state index in [1.807, 2.05) is 6.07 Å². The van der Waals surface area contributed by atoms with Gasteiger partial charge in [-0.25, -0.2) is 9.18 Å². The molecule has 1 saturated heterocycles. The van der Waals surface area contributed by atoms with Crippen LogP contribution in [0.4, 0.5) is 9.18 Å². The molecule has 1 N–H and O–H groups in total. The van der Waals surface area contributed by atoms with Crippen LogP contribution in [0.15, 0.2) is 36.4 Å². The molecule has 0 spiro atoms. The molecular formula is C20H19FN2O5. The van der Waals surface area contributed by atoms with Gasteiger partial charge in [-0.2, -0.15) is 0 Å². The molecule has 0 aromatic heterocycles. The molecule has 7 nitrogen and oxygen atoms in total. The van der Waals surface area contributed by atoms with E-state index in [2.05, 4.69) is 5.32 Å². The van der Waals surface area contributed by atoms with Gasteiger partial charge in [0.15, 0.2) is 23.1 Å². The van der Waals surface area contributed by atoms with Crippen molar-refractivity contribution in [2.24, 2.45) is 0 Å². The van der Waals surface area contributed by atoms with E-state index in [0.717, 1.165) is 10.5 Å². The molecular weight excluding hydrogens is 367 g/mol. The van der Waals surface area contributed by atoms with Gasteiger partial charge in [-0.15, -0.1) is 0 Å². The van der Waals surface area contributed by atoms with Crippen LogP contribution in [0.5, 0.6) is 17.2 Å². The number of fused-ring (bicyclic) bond motifs is 1. The summed E-state index contributed by atoms with van der Waals surface area (Å²) in [6.07, 6.45) is 0.293. The zero-order valence-corrected chi connectivity index (χ0v) is 15.5. The van der Waals surface area contributed by atoms with Gasteiger partial charge in [-0.05, 0) is 42.3 Å². The summed E-state index contributed by atoms with van der Waals surface area (Å²) in [7, 11) is 1.37. The maximum atomic E-state index is 13.9. The molecule has 0 aliphatic carbocycles. The normalized spacial score (nSPS) is 20.5. The number of halogens is 1. The first-order valence-electron chi connectivity index (χ1n) is 8.75. The number of hydrogen-bond acceptors (Lipinski definition) is 5. The maximum Gasteiger partial charge on any atom is 0.325 e. The predicted octanol–water partition coefficient (Wildman–Crippen LogP) is 2.62. The number of carbonyl (C=O) groups is 2. The molecule has 2 aromatic carbocycles. The van der Waals surface area contributed by atoms with E-state index in [1.165, 1.54) is 19.2 Å². The van der Waals surface area contributed by atoms with Crippen LogP contribution < -0.4 is 19.5 Å². The summed E-state index contributed by atoms with van der Waals surface area (Å²) >= 11 is 0. The average Bonchev–Trinajstić information content (AvgIpc) is 3.20. The van der Waals surface area contributed by atoms with Crippen molar-refractivity contribution in [1.29, 1.82) is 0 Å². The van der Waals surface area contributed by atoms with E-state index in [-0.39, 0.29) is 25.0 Å². The topological polar surface area (TPSA) is 77.1 Å². The lowest BCUT2D eigenvalue weighted by Gasteiger charge is -2.22. The monoisotopic (exact) mass is 386 g/mol. The van der Waals surface area contributed by atoms with Gasteiger partial charge in [0, 0.05) is 6.42 Å². The van der Waals surface area contributed by atoms with E-state index in [9.17, 15) is 14.0 Å². The molecule has 2 aliphatic heterocycles. The van der Waals surface area contributed by atoms with Gasteiger partial charge in [-0.3, -0.25) is 9.69 Å². The van der Waals surface area contributed by atoms with Crippen molar-refractivity contribution in [1.82, 2.24) is 10.2 Å². The second-order valence-corrected chi connectivity index (χ2v) is 6.99. The molecule has 2 aliphatic rings. The summed E-state index contributed by atoms with van der Waals surface area (Å²) in [4.78, 5) is 26.5. The second kappa shape index (κ2) is 6.70. The van der Waals surface area contributed by atoms with Crippen molar-refractivity contribution in [2.75, 3.05) is 13.9 Å². The standard InChI is InChI=1S/C20H19FN2O5/c1-20(9-12-3-6-16-17(8-12)28-11-27-16)18(24)23(19(25)22-20)10-13-4-5-15(26-2)14(21)7-13/h3-8H,9-11H2,1-2H3,(H,22,25). The molecule has 8 heteroatoms. The Labute approximate surface area is 161 Å². The summed E-state index contributed by atoms with van der Waals surface area (Å²) in [6.45, 7) is 1.81. The lowest BCUT2D eigenvalue weighted by atomic mass is 9.92. The Bertz CT molecular complexity index is 964. The number of hydrogen-bond donors (Lipinski definition) is 1. The number of nitrogens with one attached hydrogen (secondary N) is 1. The Morgan fingerprint density at radius 1 is 1.14 bits per heavy atom. The van der Waals surface area contributed by atoms with Gasteiger partial charge in [0.25, 0.3) is 5.91 Å². The van der Waals surface area contributed by atoms with Gasteiger partial charge in [0.1, 0.15) is 5.54 Å². The Hall–Kier alpha value is -3.29. The largest absolute Gasteiger partial charge is 0.494 e. The third-order valence-electron chi connectivity index (χ3n) is 4.90. The van der Waals surface area contributed by atoms with Crippen LogP contribution in [0.25, 0.3) is 0 Å². The maximum absolute atomic E-state index is 13.9. The molecule has 28 heavy (non-hydrogen) atoms. The summed E-state index contributed by atoms with van der Waals surface area (Å²) in [5.74, 6) is 0.456. The van der Waals surface area contributed by atoms with E-state index in [0.29, 0.717) is 23.5 Å². The first-order valence-corrected chi connectivity index (χ1v) is 8.75. The van der Waals surface area contributed by atoms with Crippen molar-refractivity contribution in [3.8, 4) is 17.2 Å². The second-order valence-electron chi connectivity index (χ2n) is 6.99. The third-order valence-corrected chi connectivity index (χ3v) is 4.90. The molecule has 0 saturated carbocycles. The molecule has 4 rings (SSSR count). The highest BCUT2D eigenvalue weighted by molar-refractivity contribution is 6.06. The van der Waals surface area contributed by atoms with Crippen molar-refractivity contribution in [3.63, 3.8) is 0 Å². The minimum Gasteiger partial charge on any atom is -0.494 e. The zero-order chi connectivity index (χ0) is 19.9. The summed E-state index contributed by atoms with van der Waals surface area (Å²) < 4.78 is 29.5. The van der Waals surface area contributed by atoms with Crippen molar-refractivity contribution in [3.05, 3.63) is 53.3 Å². The molecule has 146 valence electrons. The number of rotatable bonds is 5. The predicted molar refractivity (Wildman–Crippen MR) is 96.7 cm³/mol. The van der Waals surface area contributed by atoms with E-state index in [4.69, 9.17) is 14.2 Å². The number of methoxy groups -OCH3 is 1. The summed E-state index contributed by atoms with van der Waals surface area (Å²) in [6, 6.07) is 9.25. The van der Waals surface area contributed by atoms with Crippen molar-refractivity contribution >= 4 is 11.9 Å². The third kappa shape index (κ3) is 3.11. The van der Waals surface area contributed by atoms with E-state index in [1.54, 1.807) is 25.1 Å². The first-order chi connectivity index (χ1) is 13.4. The zero-order valence-electron chi connectivity index (χ0n) is 15.5. The molecule has 2 heterocycles. The van der Waals surface area contributed by atoms with Crippen LogP contribution in [0.1, 0.15) is 18.1 Å². The lowest BCUT2D eigenvalue weighted by Crippen LogP contribution is -2.45. The van der Waals surface area contributed by atoms with Gasteiger partial charge < -0.3 is 19.5 Å². The number of benzene rings is 2. The fourth-order valence-corrected chi connectivity index (χ4v) is 3.46. The highest BCUT2D eigenvalue weighted by Gasteiger charge is 2.47. The van der Waals surface area contributed by atoms with E-state index < -0.39 is 17.4 Å². The lowest BCUT2D eigenvalue weighted by molar-refractivity contribution is -0.131. The smallest absolute Gasteiger partial charge is 0.325 e. The highest BCUT2D eigenvalue weighted by atomic mass is 19.1. The van der Waals surface area contributed by atoms with Gasteiger partial charge >= 0.3 is 6.03 Å². The Balaban J connectivity index is 1.52. The van der Waals surface area contributed by atoms with E-state index >= 15 is 0 Å². The van der Waals surface area contributed by atoms with Crippen LogP contribution in [0, 0.1) is 5.82 Å². The number of urea groups is 1. The summed E-state index contributed by atoms with van der Waals surface area (Å²) in [5, 5.41) is 2.75. The Morgan fingerprint density at radius 2 is 1.89 bits per heavy atom. The molecule has 0 radical (unpaired) electrons. The van der Waals surface area contributed by atoms with Gasteiger partial charge in [0.05, 0.1) is 13.7 Å². The highest BCUT2D eigenvalue weighted by Crippen LogP contribution is 2.34. The Kier molecular flexibility index (Phi) is 4.33. The molecule has 1 fully saturated rings.